The number of aromatic nitrogens is 2. The third-order valence-electron chi connectivity index (χ3n) is 4.50. The summed E-state index contributed by atoms with van der Waals surface area (Å²) in [6.07, 6.45) is 0.880. The van der Waals surface area contributed by atoms with Crippen molar-refractivity contribution in [2.45, 2.75) is 44.6 Å². The first-order chi connectivity index (χ1) is 13.9. The van der Waals surface area contributed by atoms with E-state index in [-0.39, 0.29) is 6.42 Å². The molecule has 0 spiro atoms. The fourth-order valence-electron chi connectivity index (χ4n) is 3.32. The monoisotopic (exact) mass is 484 g/mol. The molecule has 1 saturated carbocycles. The summed E-state index contributed by atoms with van der Waals surface area (Å²) < 4.78 is 34.2. The van der Waals surface area contributed by atoms with Crippen LogP contribution < -0.4 is 11.2 Å². The van der Waals surface area contributed by atoms with Crippen LogP contribution in [0.5, 0.6) is 0 Å². The van der Waals surface area contributed by atoms with E-state index < -0.39 is 55.8 Å². The van der Waals surface area contributed by atoms with E-state index in [0.717, 1.165) is 12.9 Å². The molecule has 3 unspecified atom stereocenters. The van der Waals surface area contributed by atoms with Crippen molar-refractivity contribution in [2.75, 3.05) is 14.2 Å². The molecule has 0 aliphatic heterocycles. The molecule has 1 fully saturated rings. The Kier molecular flexibility index (Phi) is 8.54. The number of aromatic amines is 1. The zero-order valence-corrected chi connectivity index (χ0v) is 19.5. The highest BCUT2D eigenvalue weighted by molar-refractivity contribution is 8.07. The number of nitrogens with one attached hydrogen (secondary N) is 1. The van der Waals surface area contributed by atoms with Gasteiger partial charge in [-0.25, -0.2) is 4.79 Å². The summed E-state index contributed by atoms with van der Waals surface area (Å²) in [5.41, 5.74) is -1.25. The topological polar surface area (TPSA) is 149 Å². The Morgan fingerprint density at radius 1 is 1.30 bits per heavy atom. The number of hydrogen-bond acceptors (Lipinski definition) is 8. The van der Waals surface area contributed by atoms with Gasteiger partial charge in [-0.2, -0.15) is 0 Å². The Hall–Kier alpha value is -0.940. The third-order valence-corrected chi connectivity index (χ3v) is 7.29. The number of H-pyrrole nitrogens is 1. The predicted octanol–water partition coefficient (Wildman–Crippen LogP) is 1.49. The molecule has 14 heteroatoms. The second-order valence-electron chi connectivity index (χ2n) is 6.97. The van der Waals surface area contributed by atoms with Crippen LogP contribution in [0.1, 0.15) is 26.3 Å². The van der Waals surface area contributed by atoms with Gasteiger partial charge < -0.3 is 28.1 Å². The van der Waals surface area contributed by atoms with Crippen LogP contribution in [0, 0.1) is 5.92 Å². The van der Waals surface area contributed by atoms with Crippen molar-refractivity contribution in [1.82, 2.24) is 9.55 Å². The van der Waals surface area contributed by atoms with E-state index in [2.05, 4.69) is 9.51 Å². The van der Waals surface area contributed by atoms with E-state index >= 15 is 0 Å². The third kappa shape index (κ3) is 6.53. The second-order valence-corrected chi connectivity index (χ2v) is 11.5. The van der Waals surface area contributed by atoms with Crippen LogP contribution in [0.15, 0.2) is 33.7 Å². The van der Waals surface area contributed by atoms with Crippen molar-refractivity contribution >= 4 is 26.1 Å². The summed E-state index contributed by atoms with van der Waals surface area (Å²) in [7, 11) is -1.42. The molecule has 3 N–H and O–H groups in total. The van der Waals surface area contributed by atoms with Crippen LogP contribution in [-0.4, -0.2) is 51.9 Å². The van der Waals surface area contributed by atoms with Crippen LogP contribution in [-0.2, 0) is 34.7 Å². The number of hydrogen-bond donors (Lipinski definition) is 3. The van der Waals surface area contributed by atoms with Crippen LogP contribution in [0.4, 0.5) is 0 Å². The first kappa shape index (κ1) is 25.3. The van der Waals surface area contributed by atoms with E-state index in [0.29, 0.717) is 0 Å². The maximum absolute atomic E-state index is 12.4. The summed E-state index contributed by atoms with van der Waals surface area (Å²) >= 11 is 5.09. The summed E-state index contributed by atoms with van der Waals surface area (Å²) in [6.45, 7) is -0.336. The molecule has 0 saturated heterocycles. The van der Waals surface area contributed by atoms with Gasteiger partial charge in [-0.15, -0.1) is 0 Å². The standard InChI is InChI=1S/C16H26N2O9P2S/c1-10(2)26-29(23,30)27-15-12(18-7-5-13(19)17-16(18)20)9-11(14(15)24-3)6-8-28(21,22)25-4/h5-8,10-12,14-15H,9H2,1-4H3,(H,21,22)(H,23,30)(H,17,19,20)/b8-6+/t11-,12?,14+,15-,29?/m0/s1. The van der Waals surface area contributed by atoms with Gasteiger partial charge in [-0.3, -0.25) is 18.9 Å². The maximum Gasteiger partial charge on any atom is 0.351 e. The highest BCUT2D eigenvalue weighted by atomic mass is 32.5. The molecule has 170 valence electrons. The average Bonchev–Trinajstić information content (AvgIpc) is 2.95. The molecule has 0 amide bonds. The number of ether oxygens (including phenoxy) is 1. The summed E-state index contributed by atoms with van der Waals surface area (Å²) in [5.74, 6) is 0.534. The highest BCUT2D eigenvalue weighted by Gasteiger charge is 2.47. The number of nitrogens with zero attached hydrogens (tertiary/aromatic N) is 1. The van der Waals surface area contributed by atoms with Crippen molar-refractivity contribution in [2.24, 2.45) is 5.92 Å². The van der Waals surface area contributed by atoms with Crippen molar-refractivity contribution in [1.29, 1.82) is 0 Å². The predicted molar refractivity (Wildman–Crippen MR) is 113 cm³/mol. The fourth-order valence-corrected chi connectivity index (χ4v) is 5.85. The Labute approximate surface area is 178 Å². The van der Waals surface area contributed by atoms with Crippen molar-refractivity contribution in [3.63, 3.8) is 0 Å². The lowest BCUT2D eigenvalue weighted by Crippen LogP contribution is -2.38. The molecule has 0 aromatic carbocycles. The molecular weight excluding hydrogens is 458 g/mol. The molecule has 2 rings (SSSR count). The molecular formula is C16H26N2O9P2S. The highest BCUT2D eigenvalue weighted by Crippen LogP contribution is 2.52. The smallest absolute Gasteiger partial charge is 0.351 e. The number of rotatable bonds is 9. The van der Waals surface area contributed by atoms with Crippen LogP contribution >= 0.6 is 14.3 Å². The lowest BCUT2D eigenvalue weighted by molar-refractivity contribution is -0.0147. The normalized spacial score (nSPS) is 28.6. The minimum absolute atomic E-state index is 0.229. The van der Waals surface area contributed by atoms with Gasteiger partial charge in [0.05, 0.1) is 18.2 Å². The Balaban J connectivity index is 2.47. The molecule has 30 heavy (non-hydrogen) atoms. The summed E-state index contributed by atoms with van der Waals surface area (Å²) in [6, 6.07) is 0.468. The Bertz CT molecular complexity index is 976. The van der Waals surface area contributed by atoms with Crippen molar-refractivity contribution in [3.05, 3.63) is 45.0 Å². The van der Waals surface area contributed by atoms with Crippen molar-refractivity contribution in [3.8, 4) is 0 Å². The van der Waals surface area contributed by atoms with E-state index in [1.165, 1.54) is 30.0 Å². The van der Waals surface area contributed by atoms with E-state index in [1.54, 1.807) is 13.8 Å². The number of methoxy groups -OCH3 is 1. The van der Waals surface area contributed by atoms with Gasteiger partial charge in [-0.1, -0.05) is 6.08 Å². The van der Waals surface area contributed by atoms with Crippen molar-refractivity contribution < 1.29 is 32.7 Å². The SMILES string of the molecule is CO[C@@H]1[C@@H](/C=C/P(=O)(O)OC)CC(n2ccc(=O)[nH]c2=O)[C@@H]1OP(O)(=S)OC(C)C. The minimum atomic E-state index is -3.93. The van der Waals surface area contributed by atoms with Crippen LogP contribution in [0.2, 0.25) is 0 Å². The lowest BCUT2D eigenvalue weighted by atomic mass is 10.1. The van der Waals surface area contributed by atoms with Gasteiger partial charge in [0.15, 0.2) is 0 Å². The summed E-state index contributed by atoms with van der Waals surface area (Å²) in [4.78, 5) is 46.1. The first-order valence-corrected chi connectivity index (χ1v) is 13.2. The largest absolute Gasteiger partial charge is 0.378 e. The molecule has 1 heterocycles. The fraction of sp³-hybridized carbons (Fsp3) is 0.625. The van der Waals surface area contributed by atoms with E-state index in [1.807, 2.05) is 0 Å². The van der Waals surface area contributed by atoms with Gasteiger partial charge in [0.1, 0.15) is 6.10 Å². The van der Waals surface area contributed by atoms with Gasteiger partial charge in [0.2, 0.25) is 0 Å². The zero-order valence-electron chi connectivity index (χ0n) is 16.9. The zero-order chi connectivity index (χ0) is 22.7. The Morgan fingerprint density at radius 3 is 2.50 bits per heavy atom. The molecule has 0 radical (unpaired) electrons. The molecule has 1 aromatic heterocycles. The van der Waals surface area contributed by atoms with Gasteiger partial charge in [0, 0.05) is 38.2 Å². The quantitative estimate of drug-likeness (QED) is 0.440. The molecule has 1 aliphatic rings. The maximum atomic E-state index is 12.4. The second kappa shape index (κ2) is 10.1. The van der Waals surface area contributed by atoms with E-state index in [9.17, 15) is 23.9 Å². The van der Waals surface area contributed by atoms with Crippen LogP contribution in [0.3, 0.4) is 0 Å². The van der Waals surface area contributed by atoms with Crippen LogP contribution in [0.25, 0.3) is 0 Å². The van der Waals surface area contributed by atoms with E-state index in [4.69, 9.17) is 25.6 Å². The average molecular weight is 484 g/mol. The van der Waals surface area contributed by atoms with Gasteiger partial charge in [0.25, 0.3) is 5.56 Å². The summed E-state index contributed by atoms with van der Waals surface area (Å²) in [5, 5.41) is 0. The molecule has 6 atom stereocenters. The molecule has 11 nitrogen and oxygen atoms in total. The van der Waals surface area contributed by atoms with Gasteiger partial charge >= 0.3 is 20.0 Å². The molecule has 1 aromatic rings. The first-order valence-electron chi connectivity index (χ1n) is 9.00. The molecule has 1 aliphatic carbocycles. The lowest BCUT2D eigenvalue weighted by Gasteiger charge is -2.30. The van der Waals surface area contributed by atoms with Gasteiger partial charge in [-0.05, 0) is 32.1 Å². The minimum Gasteiger partial charge on any atom is -0.378 e. The Morgan fingerprint density at radius 2 is 1.97 bits per heavy atom. The molecule has 0 bridgehead atoms.